The lowest BCUT2D eigenvalue weighted by atomic mass is 10.1. The number of rotatable bonds is 6. The molecule has 1 aromatic heterocycles. The second-order valence-corrected chi connectivity index (χ2v) is 9.17. The normalized spacial score (nSPS) is 11.2. The molecule has 0 saturated carbocycles. The third-order valence-electron chi connectivity index (χ3n) is 4.00. The van der Waals surface area contributed by atoms with Crippen LogP contribution in [0.3, 0.4) is 0 Å². The number of benzene rings is 2. The van der Waals surface area contributed by atoms with Gasteiger partial charge in [0.2, 0.25) is 10.0 Å². The zero-order valence-corrected chi connectivity index (χ0v) is 17.6. The van der Waals surface area contributed by atoms with Gasteiger partial charge in [0.15, 0.2) is 0 Å². The maximum atomic E-state index is 13.2. The van der Waals surface area contributed by atoms with Crippen molar-refractivity contribution in [1.29, 1.82) is 0 Å². The van der Waals surface area contributed by atoms with Crippen LogP contribution in [-0.4, -0.2) is 27.7 Å². The standard InChI is InChI=1S/C20H19FN2O4S2/c1-12-10-18(28-19(12)13-4-6-14(21)7-5-13)20(24)22-15-8-9-17(27-2)16(11-15)23-29(3,25)26/h4-11,23H,1-3H3,(H,22,24). The van der Waals surface area contributed by atoms with E-state index in [1.54, 1.807) is 30.3 Å². The van der Waals surface area contributed by atoms with Gasteiger partial charge in [-0.2, -0.15) is 0 Å². The average Bonchev–Trinajstić information content (AvgIpc) is 3.03. The molecule has 152 valence electrons. The highest BCUT2D eigenvalue weighted by molar-refractivity contribution is 7.92. The average molecular weight is 435 g/mol. The van der Waals surface area contributed by atoms with Gasteiger partial charge >= 0.3 is 0 Å². The molecule has 0 saturated heterocycles. The van der Waals surface area contributed by atoms with Crippen LogP contribution < -0.4 is 14.8 Å². The molecule has 0 bridgehead atoms. The fraction of sp³-hybridized carbons (Fsp3) is 0.150. The molecule has 0 radical (unpaired) electrons. The van der Waals surface area contributed by atoms with Gasteiger partial charge in [0.05, 0.1) is 23.9 Å². The third-order valence-corrected chi connectivity index (χ3v) is 5.88. The summed E-state index contributed by atoms with van der Waals surface area (Å²) in [6.45, 7) is 1.88. The summed E-state index contributed by atoms with van der Waals surface area (Å²) in [5, 5.41) is 2.76. The van der Waals surface area contributed by atoms with Crippen molar-refractivity contribution in [3.63, 3.8) is 0 Å². The first-order valence-electron chi connectivity index (χ1n) is 8.50. The van der Waals surface area contributed by atoms with Gasteiger partial charge in [0, 0.05) is 10.6 Å². The molecule has 0 aliphatic carbocycles. The summed E-state index contributed by atoms with van der Waals surface area (Å²) in [6, 6.07) is 12.5. The number of ether oxygens (including phenoxy) is 1. The van der Waals surface area contributed by atoms with Crippen molar-refractivity contribution in [2.24, 2.45) is 0 Å². The molecule has 0 atom stereocenters. The lowest BCUT2D eigenvalue weighted by Gasteiger charge is -2.12. The van der Waals surface area contributed by atoms with E-state index < -0.39 is 10.0 Å². The van der Waals surface area contributed by atoms with Crippen LogP contribution in [0, 0.1) is 12.7 Å². The first-order valence-corrected chi connectivity index (χ1v) is 11.2. The Morgan fingerprint density at radius 1 is 1.10 bits per heavy atom. The minimum atomic E-state index is -3.51. The smallest absolute Gasteiger partial charge is 0.265 e. The molecule has 2 aromatic carbocycles. The Hall–Kier alpha value is -2.91. The molecule has 1 amide bonds. The van der Waals surface area contributed by atoms with E-state index in [0.717, 1.165) is 22.3 Å². The van der Waals surface area contributed by atoms with Crippen LogP contribution >= 0.6 is 11.3 Å². The minimum absolute atomic E-state index is 0.224. The van der Waals surface area contributed by atoms with Crippen molar-refractivity contribution in [2.75, 3.05) is 23.4 Å². The number of sulfonamides is 1. The lowest BCUT2D eigenvalue weighted by molar-refractivity contribution is 0.103. The molecule has 3 aromatic rings. The number of amides is 1. The van der Waals surface area contributed by atoms with Gasteiger partial charge in [-0.3, -0.25) is 9.52 Å². The number of anilines is 2. The van der Waals surface area contributed by atoms with E-state index in [9.17, 15) is 17.6 Å². The van der Waals surface area contributed by atoms with Gasteiger partial charge in [-0.15, -0.1) is 11.3 Å². The van der Waals surface area contributed by atoms with Crippen LogP contribution in [0.5, 0.6) is 5.75 Å². The molecule has 6 nitrogen and oxygen atoms in total. The fourth-order valence-corrected chi connectivity index (χ4v) is 4.37. The molecule has 1 heterocycles. The maximum absolute atomic E-state index is 13.2. The van der Waals surface area contributed by atoms with Gasteiger partial charge in [-0.05, 0) is 54.4 Å². The quantitative estimate of drug-likeness (QED) is 0.598. The summed E-state index contributed by atoms with van der Waals surface area (Å²) in [6.07, 6.45) is 1.03. The van der Waals surface area contributed by atoms with Crippen LogP contribution in [0.4, 0.5) is 15.8 Å². The third kappa shape index (κ3) is 5.12. The van der Waals surface area contributed by atoms with Gasteiger partial charge in [-0.1, -0.05) is 12.1 Å². The highest BCUT2D eigenvalue weighted by atomic mass is 32.2. The number of aryl methyl sites for hydroxylation is 1. The predicted octanol–water partition coefficient (Wildman–Crippen LogP) is 4.50. The first-order chi connectivity index (χ1) is 13.7. The number of carbonyl (C=O) groups excluding carboxylic acids is 1. The van der Waals surface area contributed by atoms with Crippen molar-refractivity contribution in [1.82, 2.24) is 0 Å². The SMILES string of the molecule is COc1ccc(NC(=O)c2cc(C)c(-c3ccc(F)cc3)s2)cc1NS(C)(=O)=O. The summed E-state index contributed by atoms with van der Waals surface area (Å²) < 4.78 is 43.8. The van der Waals surface area contributed by atoms with Gasteiger partial charge < -0.3 is 10.1 Å². The minimum Gasteiger partial charge on any atom is -0.495 e. The van der Waals surface area contributed by atoms with E-state index in [1.165, 1.54) is 36.6 Å². The Balaban J connectivity index is 1.84. The number of hydrogen-bond acceptors (Lipinski definition) is 5. The van der Waals surface area contributed by atoms with Crippen LogP contribution in [0.2, 0.25) is 0 Å². The topological polar surface area (TPSA) is 84.5 Å². The summed E-state index contributed by atoms with van der Waals surface area (Å²) in [4.78, 5) is 14.0. The monoisotopic (exact) mass is 434 g/mol. The van der Waals surface area contributed by atoms with Crippen LogP contribution in [-0.2, 0) is 10.0 Å². The predicted molar refractivity (Wildman–Crippen MR) is 114 cm³/mol. The van der Waals surface area contributed by atoms with E-state index in [4.69, 9.17) is 4.74 Å². The molecule has 0 unspecified atom stereocenters. The molecule has 2 N–H and O–H groups in total. The number of thiophene rings is 1. The fourth-order valence-electron chi connectivity index (χ4n) is 2.74. The number of halogens is 1. The highest BCUT2D eigenvalue weighted by Crippen LogP contribution is 2.33. The van der Waals surface area contributed by atoms with Crippen LogP contribution in [0.15, 0.2) is 48.5 Å². The van der Waals surface area contributed by atoms with Crippen molar-refractivity contribution < 1.29 is 22.3 Å². The number of hydrogen-bond donors (Lipinski definition) is 2. The molecule has 3 rings (SSSR count). The van der Waals surface area contributed by atoms with Gasteiger partial charge in [0.1, 0.15) is 11.6 Å². The van der Waals surface area contributed by atoms with Gasteiger partial charge in [0.25, 0.3) is 5.91 Å². The summed E-state index contributed by atoms with van der Waals surface area (Å²) in [5.41, 5.74) is 2.37. The van der Waals surface area contributed by atoms with Crippen molar-refractivity contribution in [3.05, 3.63) is 64.8 Å². The maximum Gasteiger partial charge on any atom is 0.265 e. The Bertz CT molecular complexity index is 1160. The van der Waals surface area contributed by atoms with E-state index in [2.05, 4.69) is 10.0 Å². The Morgan fingerprint density at radius 2 is 1.79 bits per heavy atom. The first kappa shape index (κ1) is 20.8. The number of methoxy groups -OCH3 is 1. The molecule has 0 spiro atoms. The molecule has 0 aliphatic heterocycles. The molecule has 29 heavy (non-hydrogen) atoms. The lowest BCUT2D eigenvalue weighted by Crippen LogP contribution is -2.13. The largest absolute Gasteiger partial charge is 0.495 e. The zero-order chi connectivity index (χ0) is 21.2. The second kappa shape index (κ2) is 8.22. The van der Waals surface area contributed by atoms with Gasteiger partial charge in [-0.25, -0.2) is 12.8 Å². The number of carbonyl (C=O) groups is 1. The van der Waals surface area contributed by atoms with Crippen molar-refractivity contribution in [2.45, 2.75) is 6.92 Å². The summed E-state index contributed by atoms with van der Waals surface area (Å²) in [5.74, 6) is -0.320. The zero-order valence-electron chi connectivity index (χ0n) is 15.9. The molecular weight excluding hydrogens is 415 g/mol. The van der Waals surface area contributed by atoms with E-state index >= 15 is 0 Å². The van der Waals surface area contributed by atoms with Crippen molar-refractivity contribution in [3.8, 4) is 16.2 Å². The summed E-state index contributed by atoms with van der Waals surface area (Å²) >= 11 is 1.30. The number of nitrogens with one attached hydrogen (secondary N) is 2. The second-order valence-electron chi connectivity index (χ2n) is 6.37. The molecule has 0 aliphatic rings. The van der Waals surface area contributed by atoms with E-state index in [0.29, 0.717) is 16.3 Å². The van der Waals surface area contributed by atoms with Crippen LogP contribution in [0.1, 0.15) is 15.2 Å². The molecule has 9 heteroatoms. The molecule has 0 fully saturated rings. The van der Waals surface area contributed by atoms with E-state index in [-0.39, 0.29) is 17.4 Å². The van der Waals surface area contributed by atoms with Crippen molar-refractivity contribution >= 4 is 38.6 Å². The van der Waals surface area contributed by atoms with Crippen LogP contribution in [0.25, 0.3) is 10.4 Å². The Kier molecular flexibility index (Phi) is 5.90. The molecular formula is C20H19FN2O4S2. The summed E-state index contributed by atoms with van der Waals surface area (Å²) in [7, 11) is -2.09. The Labute approximate surface area is 172 Å². The highest BCUT2D eigenvalue weighted by Gasteiger charge is 2.16. The van der Waals surface area contributed by atoms with E-state index in [1.807, 2.05) is 6.92 Å². The Morgan fingerprint density at radius 3 is 2.41 bits per heavy atom.